The second-order valence-corrected chi connectivity index (χ2v) is 8.73. The molecule has 0 atom stereocenters. The van der Waals surface area contributed by atoms with E-state index in [0.29, 0.717) is 34.4 Å². The van der Waals surface area contributed by atoms with Crippen molar-refractivity contribution in [2.24, 2.45) is 7.05 Å². The van der Waals surface area contributed by atoms with Crippen LogP contribution in [0.1, 0.15) is 30.1 Å². The number of nitrogens with one attached hydrogen (secondary N) is 1. The smallest absolute Gasteiger partial charge is 0.263 e. The molecule has 1 saturated carbocycles. The van der Waals surface area contributed by atoms with Crippen molar-refractivity contribution in [1.82, 2.24) is 34.5 Å². The van der Waals surface area contributed by atoms with Gasteiger partial charge in [0.2, 0.25) is 0 Å². The minimum absolute atomic E-state index is 0.0517. The van der Waals surface area contributed by atoms with Crippen LogP contribution < -0.4 is 4.72 Å². The highest BCUT2D eigenvalue weighted by Crippen LogP contribution is 2.40. The van der Waals surface area contributed by atoms with Crippen LogP contribution >= 0.6 is 0 Å². The van der Waals surface area contributed by atoms with Crippen molar-refractivity contribution in [1.29, 1.82) is 0 Å². The van der Waals surface area contributed by atoms with Crippen molar-refractivity contribution in [2.75, 3.05) is 4.72 Å². The van der Waals surface area contributed by atoms with Gasteiger partial charge < -0.3 is 0 Å². The van der Waals surface area contributed by atoms with Gasteiger partial charge in [0.15, 0.2) is 5.65 Å². The minimum Gasteiger partial charge on any atom is -0.263 e. The maximum absolute atomic E-state index is 13.1. The van der Waals surface area contributed by atoms with E-state index in [1.165, 1.54) is 10.9 Å². The van der Waals surface area contributed by atoms with E-state index in [-0.39, 0.29) is 4.90 Å². The summed E-state index contributed by atoms with van der Waals surface area (Å²) in [5.41, 5.74) is 2.16. The monoisotopic (exact) mass is 410 g/mol. The molecule has 0 saturated heterocycles. The first-order chi connectivity index (χ1) is 13.9. The molecule has 1 N–H and O–H groups in total. The van der Waals surface area contributed by atoms with E-state index >= 15 is 0 Å². The molecule has 4 aromatic heterocycles. The van der Waals surface area contributed by atoms with E-state index in [1.54, 1.807) is 42.3 Å². The number of pyridine rings is 1. The van der Waals surface area contributed by atoms with E-state index in [2.05, 4.69) is 29.9 Å². The topological polar surface area (TPSA) is 120 Å². The Morgan fingerprint density at radius 2 is 1.86 bits per heavy atom. The summed E-state index contributed by atoms with van der Waals surface area (Å²) in [4.78, 5) is 12.7. The lowest BCUT2D eigenvalue weighted by atomic mass is 10.3. The molecule has 0 bridgehead atoms. The predicted octanol–water partition coefficient (Wildman–Crippen LogP) is 1.93. The second kappa shape index (κ2) is 6.34. The Morgan fingerprint density at radius 3 is 2.59 bits per heavy atom. The Bertz CT molecular complexity index is 1320. The fourth-order valence-electron chi connectivity index (χ4n) is 3.24. The van der Waals surface area contributed by atoms with Gasteiger partial charge in [-0.1, -0.05) is 0 Å². The fraction of sp³-hybridized carbons (Fsp3) is 0.278. The van der Waals surface area contributed by atoms with E-state index in [4.69, 9.17) is 0 Å². The van der Waals surface area contributed by atoms with Crippen molar-refractivity contribution < 1.29 is 8.42 Å². The first kappa shape index (κ1) is 17.7. The fourth-order valence-corrected chi connectivity index (χ4v) is 4.24. The summed E-state index contributed by atoms with van der Waals surface area (Å²) in [6, 6.07) is 5.01. The number of rotatable bonds is 5. The van der Waals surface area contributed by atoms with Crippen LogP contribution in [0.15, 0.2) is 41.7 Å². The number of hydrogen-bond acceptors (Lipinski definition) is 7. The van der Waals surface area contributed by atoms with Crippen molar-refractivity contribution >= 4 is 26.9 Å². The van der Waals surface area contributed by atoms with Gasteiger partial charge in [0.05, 0.1) is 11.4 Å². The zero-order chi connectivity index (χ0) is 20.2. The van der Waals surface area contributed by atoms with Gasteiger partial charge in [-0.05, 0) is 31.9 Å². The highest BCUT2D eigenvalue weighted by atomic mass is 32.2. The van der Waals surface area contributed by atoms with E-state index in [9.17, 15) is 8.42 Å². The summed E-state index contributed by atoms with van der Waals surface area (Å²) < 4.78 is 31.8. The molecule has 4 aromatic rings. The third-order valence-electron chi connectivity index (χ3n) is 4.85. The summed E-state index contributed by atoms with van der Waals surface area (Å²) in [7, 11) is -2.13. The number of hydrogen-bond donors (Lipinski definition) is 1. The number of sulfonamides is 1. The number of nitrogens with zero attached hydrogens (tertiary/aromatic N) is 7. The van der Waals surface area contributed by atoms with Crippen molar-refractivity contribution in [3.8, 4) is 5.95 Å². The zero-order valence-corrected chi connectivity index (χ0v) is 16.6. The second-order valence-electron chi connectivity index (χ2n) is 7.05. The number of anilines is 1. The Labute approximate surface area is 166 Å². The average molecular weight is 410 g/mol. The maximum Gasteiger partial charge on any atom is 0.264 e. The Kier molecular flexibility index (Phi) is 3.88. The molecule has 148 valence electrons. The van der Waals surface area contributed by atoms with Crippen LogP contribution in [0, 0.1) is 6.92 Å². The van der Waals surface area contributed by atoms with Gasteiger partial charge in [-0.25, -0.2) is 23.4 Å². The molecule has 0 amide bonds. The molecule has 29 heavy (non-hydrogen) atoms. The van der Waals surface area contributed by atoms with E-state index in [0.717, 1.165) is 18.5 Å². The highest BCUT2D eigenvalue weighted by molar-refractivity contribution is 7.92. The normalized spacial score (nSPS) is 14.4. The molecular weight excluding hydrogens is 392 g/mol. The predicted molar refractivity (Wildman–Crippen MR) is 105 cm³/mol. The Morgan fingerprint density at radius 1 is 1.10 bits per heavy atom. The third-order valence-corrected chi connectivity index (χ3v) is 6.17. The van der Waals surface area contributed by atoms with Gasteiger partial charge in [-0.2, -0.15) is 14.9 Å². The molecule has 1 fully saturated rings. The molecule has 1 aliphatic carbocycles. The van der Waals surface area contributed by atoms with Crippen LogP contribution in [0.5, 0.6) is 0 Å². The van der Waals surface area contributed by atoms with Crippen LogP contribution in [-0.4, -0.2) is 42.9 Å². The summed E-state index contributed by atoms with van der Waals surface area (Å²) >= 11 is 0. The quantitative estimate of drug-likeness (QED) is 0.534. The lowest BCUT2D eigenvalue weighted by Gasteiger charge is -2.09. The Hall–Kier alpha value is -3.34. The zero-order valence-electron chi connectivity index (χ0n) is 15.8. The molecule has 0 unspecified atom stereocenters. The maximum atomic E-state index is 13.1. The summed E-state index contributed by atoms with van der Waals surface area (Å²) in [6.07, 6.45) is 6.58. The van der Waals surface area contributed by atoms with Gasteiger partial charge >= 0.3 is 0 Å². The lowest BCUT2D eigenvalue weighted by Crippen LogP contribution is -2.17. The number of fused-ring (bicyclic) bond motifs is 1. The number of aryl methyl sites for hydroxylation is 2. The van der Waals surface area contributed by atoms with Gasteiger partial charge in [0, 0.05) is 43.0 Å². The van der Waals surface area contributed by atoms with Crippen LogP contribution in [0.25, 0.3) is 17.0 Å². The van der Waals surface area contributed by atoms with E-state index < -0.39 is 10.0 Å². The molecule has 0 aromatic carbocycles. The van der Waals surface area contributed by atoms with E-state index in [1.807, 2.05) is 6.92 Å². The van der Waals surface area contributed by atoms with Gasteiger partial charge in [0.25, 0.3) is 16.0 Å². The Balaban J connectivity index is 1.56. The average Bonchev–Trinajstić information content (AvgIpc) is 3.42. The largest absolute Gasteiger partial charge is 0.264 e. The number of aromatic nitrogens is 7. The first-order valence-corrected chi connectivity index (χ1v) is 10.6. The van der Waals surface area contributed by atoms with Crippen molar-refractivity contribution in [3.05, 3.63) is 48.2 Å². The molecule has 0 spiro atoms. The van der Waals surface area contributed by atoms with Crippen molar-refractivity contribution in [2.45, 2.75) is 30.6 Å². The molecule has 0 radical (unpaired) electrons. The van der Waals surface area contributed by atoms with Gasteiger partial charge in [-0.15, -0.1) is 0 Å². The molecule has 11 heteroatoms. The van der Waals surface area contributed by atoms with Crippen LogP contribution in [0.2, 0.25) is 0 Å². The molecule has 4 heterocycles. The summed E-state index contributed by atoms with van der Waals surface area (Å²) in [5, 5.41) is 9.50. The molecular formula is C18H18N8O2S. The summed E-state index contributed by atoms with van der Waals surface area (Å²) in [6.45, 7) is 1.82. The highest BCUT2D eigenvalue weighted by Gasteiger charge is 2.29. The standard InChI is InChI=1S/C18H18N8O2S/c1-11-14-8-13(10-21-17(14)25(2)22-11)29(27,28)24-16-9-15(12-4-5-12)23-26(16)18-19-6-3-7-20-18/h3,6-10,12,24H,4-5H2,1-2H3. The molecule has 0 aliphatic heterocycles. The van der Waals surface area contributed by atoms with Crippen molar-refractivity contribution in [3.63, 3.8) is 0 Å². The van der Waals surface area contributed by atoms with Crippen LogP contribution in [-0.2, 0) is 17.1 Å². The first-order valence-electron chi connectivity index (χ1n) is 9.12. The molecule has 5 rings (SSSR count). The molecule has 1 aliphatic rings. The summed E-state index contributed by atoms with van der Waals surface area (Å²) in [5.74, 6) is 0.939. The van der Waals surface area contributed by atoms with Crippen LogP contribution in [0.3, 0.4) is 0 Å². The SMILES string of the molecule is Cc1nn(C)c2ncc(S(=O)(=O)Nc3cc(C4CC4)nn3-c3ncccn3)cc12. The molecule has 10 nitrogen and oxygen atoms in total. The van der Waals surface area contributed by atoms with Crippen LogP contribution in [0.4, 0.5) is 5.82 Å². The van der Waals surface area contributed by atoms with Gasteiger partial charge in [0.1, 0.15) is 10.7 Å². The third kappa shape index (κ3) is 3.12. The van der Waals surface area contributed by atoms with Gasteiger partial charge in [-0.3, -0.25) is 9.40 Å². The lowest BCUT2D eigenvalue weighted by molar-refractivity contribution is 0.600. The minimum atomic E-state index is -3.90.